The third-order valence-electron chi connectivity index (χ3n) is 7.22. The van der Waals surface area contributed by atoms with Crippen molar-refractivity contribution in [1.82, 2.24) is 4.90 Å². The van der Waals surface area contributed by atoms with Crippen LogP contribution in [0.15, 0.2) is 0 Å². The van der Waals surface area contributed by atoms with Crippen molar-refractivity contribution in [3.8, 4) is 0 Å². The van der Waals surface area contributed by atoms with Gasteiger partial charge in [0.1, 0.15) is 5.41 Å². The average Bonchev–Trinajstić information content (AvgIpc) is 2.85. The molecule has 2 aliphatic carbocycles. The van der Waals surface area contributed by atoms with Crippen molar-refractivity contribution in [3.05, 3.63) is 0 Å². The molecule has 1 saturated heterocycles. The molecule has 3 fully saturated rings. The summed E-state index contributed by atoms with van der Waals surface area (Å²) in [6, 6.07) is 0. The Hall–Kier alpha value is -1.72. The van der Waals surface area contributed by atoms with Gasteiger partial charge in [-0.2, -0.15) is 0 Å². The second kappa shape index (κ2) is 5.14. The monoisotopic (exact) mass is 335 g/mol. The van der Waals surface area contributed by atoms with Gasteiger partial charge in [0, 0.05) is 18.5 Å². The Labute approximate surface area is 141 Å². The van der Waals surface area contributed by atoms with Gasteiger partial charge in [-0.05, 0) is 31.1 Å². The SMILES string of the molecule is COC(=O)C1CCN(C(=O)[C@@]23CC[C@](C)(C(=O)C2=O)C3(C)C)CC1. The Morgan fingerprint density at radius 3 is 2.08 bits per heavy atom. The fraction of sp³-hybridized carbons (Fsp3) is 0.778. The molecular weight excluding hydrogens is 310 g/mol. The largest absolute Gasteiger partial charge is 0.469 e. The highest BCUT2D eigenvalue weighted by molar-refractivity contribution is 6.48. The molecule has 24 heavy (non-hydrogen) atoms. The van der Waals surface area contributed by atoms with Crippen LogP contribution in [0.2, 0.25) is 0 Å². The molecule has 1 heterocycles. The Morgan fingerprint density at radius 2 is 1.62 bits per heavy atom. The predicted octanol–water partition coefficient (Wildman–Crippen LogP) is 1.36. The zero-order valence-electron chi connectivity index (χ0n) is 14.8. The number of likely N-dealkylation sites (tertiary alicyclic amines) is 1. The van der Waals surface area contributed by atoms with Crippen molar-refractivity contribution in [1.29, 1.82) is 0 Å². The van der Waals surface area contributed by atoms with E-state index in [2.05, 4.69) is 0 Å². The molecule has 6 heteroatoms. The molecule has 1 aliphatic heterocycles. The third kappa shape index (κ3) is 1.77. The van der Waals surface area contributed by atoms with Crippen LogP contribution in [0.25, 0.3) is 0 Å². The van der Waals surface area contributed by atoms with Crippen LogP contribution >= 0.6 is 0 Å². The number of methoxy groups -OCH3 is 1. The van der Waals surface area contributed by atoms with E-state index in [-0.39, 0.29) is 17.8 Å². The number of nitrogens with zero attached hydrogens (tertiary/aromatic N) is 1. The van der Waals surface area contributed by atoms with E-state index in [0.29, 0.717) is 38.8 Å². The molecule has 0 spiro atoms. The number of carbonyl (C=O) groups excluding carboxylic acids is 4. The average molecular weight is 335 g/mol. The lowest BCUT2D eigenvalue weighted by Gasteiger charge is -2.41. The van der Waals surface area contributed by atoms with Crippen molar-refractivity contribution in [2.45, 2.75) is 46.5 Å². The first-order chi connectivity index (χ1) is 11.1. The van der Waals surface area contributed by atoms with Gasteiger partial charge in [-0.3, -0.25) is 19.2 Å². The van der Waals surface area contributed by atoms with Gasteiger partial charge in [0.05, 0.1) is 13.0 Å². The zero-order chi connectivity index (χ0) is 17.9. The summed E-state index contributed by atoms with van der Waals surface area (Å²) in [5, 5.41) is 0. The summed E-state index contributed by atoms with van der Waals surface area (Å²) in [6.07, 6.45) is 2.09. The first-order valence-electron chi connectivity index (χ1n) is 8.60. The molecule has 0 unspecified atom stereocenters. The molecule has 0 aromatic carbocycles. The van der Waals surface area contributed by atoms with Crippen LogP contribution < -0.4 is 0 Å². The lowest BCUT2D eigenvalue weighted by molar-refractivity contribution is -0.158. The van der Waals surface area contributed by atoms with E-state index in [0.717, 1.165) is 0 Å². The van der Waals surface area contributed by atoms with E-state index in [1.807, 2.05) is 20.8 Å². The predicted molar refractivity (Wildman–Crippen MR) is 84.9 cm³/mol. The summed E-state index contributed by atoms with van der Waals surface area (Å²) in [6.45, 7) is 6.42. The zero-order valence-corrected chi connectivity index (χ0v) is 14.8. The molecule has 0 aromatic heterocycles. The minimum atomic E-state index is -1.23. The Morgan fingerprint density at radius 1 is 1.04 bits per heavy atom. The van der Waals surface area contributed by atoms with Gasteiger partial charge in [0.2, 0.25) is 17.5 Å². The molecule has 1 amide bonds. The molecule has 3 aliphatic rings. The van der Waals surface area contributed by atoms with Crippen LogP contribution in [-0.4, -0.2) is 48.5 Å². The number of piperidine rings is 1. The molecule has 0 N–H and O–H groups in total. The smallest absolute Gasteiger partial charge is 0.308 e. The second-order valence-corrected chi connectivity index (χ2v) is 8.11. The van der Waals surface area contributed by atoms with E-state index in [1.165, 1.54) is 7.11 Å². The summed E-state index contributed by atoms with van der Waals surface area (Å²) in [5.41, 5.74) is -2.65. The summed E-state index contributed by atoms with van der Waals surface area (Å²) in [5.74, 6) is -1.58. The molecule has 2 bridgehead atoms. The van der Waals surface area contributed by atoms with Crippen LogP contribution in [0.4, 0.5) is 0 Å². The number of fused-ring (bicyclic) bond motifs is 2. The quantitative estimate of drug-likeness (QED) is 0.432. The molecule has 0 aromatic rings. The number of carbonyl (C=O) groups is 4. The summed E-state index contributed by atoms with van der Waals surface area (Å²) in [7, 11) is 1.36. The van der Waals surface area contributed by atoms with E-state index in [1.54, 1.807) is 4.90 Å². The van der Waals surface area contributed by atoms with E-state index < -0.39 is 27.8 Å². The minimum absolute atomic E-state index is 0.195. The maximum absolute atomic E-state index is 13.3. The summed E-state index contributed by atoms with van der Waals surface area (Å²) >= 11 is 0. The number of hydrogen-bond acceptors (Lipinski definition) is 5. The molecule has 2 saturated carbocycles. The van der Waals surface area contributed by atoms with Crippen molar-refractivity contribution in [2.24, 2.45) is 22.2 Å². The van der Waals surface area contributed by atoms with Crippen molar-refractivity contribution in [2.75, 3.05) is 20.2 Å². The second-order valence-electron chi connectivity index (χ2n) is 8.11. The van der Waals surface area contributed by atoms with Gasteiger partial charge >= 0.3 is 5.97 Å². The number of rotatable bonds is 2. The standard InChI is InChI=1S/C18H25NO5/c1-16(2)17(3)7-8-18(16,13(21)12(17)20)15(23)19-9-5-11(6-10-19)14(22)24-4/h11H,5-10H2,1-4H3/t17-,18-/m1/s1. The number of ketones is 2. The van der Waals surface area contributed by atoms with E-state index in [4.69, 9.17) is 4.74 Å². The summed E-state index contributed by atoms with van der Waals surface area (Å²) in [4.78, 5) is 51.8. The van der Waals surface area contributed by atoms with Crippen LogP contribution in [0.3, 0.4) is 0 Å². The molecule has 2 atom stereocenters. The van der Waals surface area contributed by atoms with Crippen LogP contribution in [0, 0.1) is 22.2 Å². The number of amides is 1. The van der Waals surface area contributed by atoms with Gasteiger partial charge in [0.15, 0.2) is 0 Å². The Kier molecular flexibility index (Phi) is 3.66. The van der Waals surface area contributed by atoms with Crippen molar-refractivity contribution < 1.29 is 23.9 Å². The first kappa shape index (κ1) is 17.1. The molecule has 0 radical (unpaired) electrons. The first-order valence-corrected chi connectivity index (χ1v) is 8.60. The minimum Gasteiger partial charge on any atom is -0.469 e. The van der Waals surface area contributed by atoms with E-state index in [9.17, 15) is 19.2 Å². The lowest BCUT2D eigenvalue weighted by Crippen LogP contribution is -2.54. The maximum atomic E-state index is 13.3. The number of ether oxygens (including phenoxy) is 1. The van der Waals surface area contributed by atoms with Crippen molar-refractivity contribution in [3.63, 3.8) is 0 Å². The molecule has 3 rings (SSSR count). The van der Waals surface area contributed by atoms with Gasteiger partial charge < -0.3 is 9.64 Å². The normalized spacial score (nSPS) is 35.4. The topological polar surface area (TPSA) is 80.8 Å². The van der Waals surface area contributed by atoms with Crippen molar-refractivity contribution >= 4 is 23.4 Å². The highest BCUT2D eigenvalue weighted by Crippen LogP contribution is 2.69. The molecule has 132 valence electrons. The maximum Gasteiger partial charge on any atom is 0.308 e. The highest BCUT2D eigenvalue weighted by atomic mass is 16.5. The number of hydrogen-bond donors (Lipinski definition) is 0. The van der Waals surface area contributed by atoms with Crippen LogP contribution in [0.1, 0.15) is 46.5 Å². The van der Waals surface area contributed by atoms with Gasteiger partial charge in [0.25, 0.3) is 0 Å². The molecule has 6 nitrogen and oxygen atoms in total. The van der Waals surface area contributed by atoms with Crippen LogP contribution in [-0.2, 0) is 23.9 Å². The van der Waals surface area contributed by atoms with Gasteiger partial charge in [-0.15, -0.1) is 0 Å². The fourth-order valence-electron chi connectivity index (χ4n) is 5.00. The Bertz CT molecular complexity index is 631. The number of esters is 1. The Balaban J connectivity index is 1.85. The molecular formula is C18H25NO5. The lowest BCUT2D eigenvalue weighted by atomic mass is 9.64. The van der Waals surface area contributed by atoms with E-state index >= 15 is 0 Å². The summed E-state index contributed by atoms with van der Waals surface area (Å²) < 4.78 is 4.77. The highest BCUT2D eigenvalue weighted by Gasteiger charge is 2.78. The fourth-order valence-corrected chi connectivity index (χ4v) is 5.00. The van der Waals surface area contributed by atoms with Crippen LogP contribution in [0.5, 0.6) is 0 Å². The van der Waals surface area contributed by atoms with Gasteiger partial charge in [-0.25, -0.2) is 0 Å². The third-order valence-corrected chi connectivity index (χ3v) is 7.22. The number of Topliss-reactive ketones (excluding diaryl/α,β-unsaturated/α-hetero) is 2. The van der Waals surface area contributed by atoms with Gasteiger partial charge in [-0.1, -0.05) is 20.8 Å².